The number of aromatic nitrogens is 2. The van der Waals surface area contributed by atoms with E-state index in [0.717, 1.165) is 12.2 Å². The van der Waals surface area contributed by atoms with E-state index in [0.29, 0.717) is 24.0 Å². The van der Waals surface area contributed by atoms with Gasteiger partial charge >= 0.3 is 0 Å². The second-order valence-corrected chi connectivity index (χ2v) is 6.14. The fourth-order valence-electron chi connectivity index (χ4n) is 2.83. The predicted molar refractivity (Wildman–Crippen MR) is 127 cm³/mol. The molecule has 0 saturated heterocycles. The summed E-state index contributed by atoms with van der Waals surface area (Å²) < 4.78 is 12.5. The van der Waals surface area contributed by atoms with Crippen molar-refractivity contribution in [3.63, 3.8) is 0 Å². The number of aliphatic imine (C=N–C) groups is 1. The monoisotopic (exact) mass is 507 g/mol. The third kappa shape index (κ3) is 6.38. The van der Waals surface area contributed by atoms with Crippen molar-refractivity contribution in [2.24, 2.45) is 4.99 Å². The number of halogens is 1. The molecule has 0 bridgehead atoms. The smallest absolute Gasteiger partial charge is 0.195 e. The van der Waals surface area contributed by atoms with Crippen LogP contribution >= 0.6 is 24.0 Å². The van der Waals surface area contributed by atoms with Crippen molar-refractivity contribution < 1.29 is 9.47 Å². The van der Waals surface area contributed by atoms with Gasteiger partial charge in [-0.2, -0.15) is 5.10 Å². The van der Waals surface area contributed by atoms with Crippen LogP contribution in [0, 0.1) is 0 Å². The maximum Gasteiger partial charge on any atom is 0.195 e. The molecule has 0 amide bonds. The first-order valence-corrected chi connectivity index (χ1v) is 8.96. The molecule has 3 aromatic rings. The molecule has 0 saturated carbocycles. The van der Waals surface area contributed by atoms with Gasteiger partial charge in [-0.25, -0.2) is 0 Å². The molecule has 2 aromatic carbocycles. The van der Waals surface area contributed by atoms with Crippen molar-refractivity contribution in [2.75, 3.05) is 26.6 Å². The molecule has 0 aliphatic heterocycles. The lowest BCUT2D eigenvalue weighted by atomic mass is 10.1. The van der Waals surface area contributed by atoms with E-state index < -0.39 is 0 Å². The minimum absolute atomic E-state index is 0. The highest BCUT2D eigenvalue weighted by molar-refractivity contribution is 14.0. The van der Waals surface area contributed by atoms with E-state index in [1.165, 1.54) is 11.1 Å². The lowest BCUT2D eigenvalue weighted by molar-refractivity contribution is 0.355. The molecule has 0 aliphatic rings. The predicted octanol–water partition coefficient (Wildman–Crippen LogP) is 3.75. The van der Waals surface area contributed by atoms with E-state index in [-0.39, 0.29) is 24.0 Å². The van der Waals surface area contributed by atoms with Crippen molar-refractivity contribution in [3.8, 4) is 11.5 Å². The Morgan fingerprint density at radius 2 is 1.83 bits per heavy atom. The molecule has 154 valence electrons. The molecular formula is C21H26IN5O2. The zero-order valence-electron chi connectivity index (χ0n) is 16.8. The topological polar surface area (TPSA) is 72.7 Å². The standard InChI is InChI=1S/C21H25N5O2.HI/c1-22-21(25-18-8-9-19(27-2)20(13-18)28-3)23-14-16-6-4-7-17(12-16)15-26-11-5-10-24-26;/h4-13H,14-15H2,1-3H3,(H2,22,23,25);1H. The molecule has 0 fully saturated rings. The first-order valence-electron chi connectivity index (χ1n) is 8.96. The molecule has 0 aliphatic carbocycles. The number of anilines is 1. The first kappa shape index (κ1) is 22.5. The van der Waals surface area contributed by atoms with Crippen LogP contribution in [0.3, 0.4) is 0 Å². The van der Waals surface area contributed by atoms with Gasteiger partial charge in [0.2, 0.25) is 0 Å². The van der Waals surface area contributed by atoms with Crippen molar-refractivity contribution in [1.29, 1.82) is 0 Å². The van der Waals surface area contributed by atoms with Crippen molar-refractivity contribution in [3.05, 3.63) is 72.1 Å². The van der Waals surface area contributed by atoms with E-state index in [9.17, 15) is 0 Å². The molecule has 1 aromatic heterocycles. The van der Waals surface area contributed by atoms with Gasteiger partial charge in [0.05, 0.1) is 20.8 Å². The van der Waals surface area contributed by atoms with Gasteiger partial charge in [-0.05, 0) is 29.3 Å². The van der Waals surface area contributed by atoms with Gasteiger partial charge in [0.1, 0.15) is 0 Å². The van der Waals surface area contributed by atoms with Crippen molar-refractivity contribution in [2.45, 2.75) is 13.1 Å². The van der Waals surface area contributed by atoms with E-state index in [1.807, 2.05) is 35.1 Å². The van der Waals surface area contributed by atoms with Crippen molar-refractivity contribution in [1.82, 2.24) is 15.1 Å². The molecule has 1 heterocycles. The van der Waals surface area contributed by atoms with Gasteiger partial charge in [0, 0.05) is 37.7 Å². The number of nitrogens with zero attached hydrogens (tertiary/aromatic N) is 3. The highest BCUT2D eigenvalue weighted by Gasteiger charge is 2.06. The van der Waals surface area contributed by atoms with Gasteiger partial charge in [-0.15, -0.1) is 24.0 Å². The van der Waals surface area contributed by atoms with Crippen molar-refractivity contribution >= 4 is 35.6 Å². The summed E-state index contributed by atoms with van der Waals surface area (Å²) in [5, 5.41) is 10.9. The first-order chi connectivity index (χ1) is 13.7. The van der Waals surface area contributed by atoms with Gasteiger partial charge in [-0.1, -0.05) is 24.3 Å². The number of rotatable bonds is 7. The number of hydrogen-bond donors (Lipinski definition) is 2. The molecule has 7 nitrogen and oxygen atoms in total. The van der Waals surface area contributed by atoms with Crippen LogP contribution in [0.1, 0.15) is 11.1 Å². The number of benzene rings is 2. The molecule has 0 spiro atoms. The molecular weight excluding hydrogens is 481 g/mol. The Morgan fingerprint density at radius 3 is 2.52 bits per heavy atom. The van der Waals surface area contributed by atoms with E-state index >= 15 is 0 Å². The summed E-state index contributed by atoms with van der Waals surface area (Å²) in [5.74, 6) is 2.02. The van der Waals surface area contributed by atoms with E-state index in [4.69, 9.17) is 9.47 Å². The van der Waals surface area contributed by atoms with Gasteiger partial charge in [-0.3, -0.25) is 9.67 Å². The zero-order chi connectivity index (χ0) is 19.8. The molecule has 8 heteroatoms. The van der Waals surface area contributed by atoms with E-state index in [1.54, 1.807) is 27.5 Å². The van der Waals surface area contributed by atoms with Crippen LogP contribution in [0.5, 0.6) is 11.5 Å². The number of hydrogen-bond acceptors (Lipinski definition) is 4. The highest BCUT2D eigenvalue weighted by Crippen LogP contribution is 2.29. The third-order valence-electron chi connectivity index (χ3n) is 4.23. The second kappa shape index (κ2) is 11.3. The van der Waals surface area contributed by atoms with E-state index in [2.05, 4.69) is 45.0 Å². The normalized spacial score (nSPS) is 10.8. The average Bonchev–Trinajstić information content (AvgIpc) is 3.24. The summed E-state index contributed by atoms with van der Waals surface area (Å²) in [6.07, 6.45) is 3.75. The molecule has 0 radical (unpaired) electrons. The summed E-state index contributed by atoms with van der Waals surface area (Å²) in [5.41, 5.74) is 3.23. The summed E-state index contributed by atoms with van der Waals surface area (Å²) >= 11 is 0. The van der Waals surface area contributed by atoms with Crippen LogP contribution in [0.2, 0.25) is 0 Å². The van der Waals surface area contributed by atoms with Crippen LogP contribution in [-0.4, -0.2) is 37.0 Å². The number of methoxy groups -OCH3 is 2. The second-order valence-electron chi connectivity index (χ2n) is 6.14. The molecule has 0 unspecified atom stereocenters. The molecule has 29 heavy (non-hydrogen) atoms. The van der Waals surface area contributed by atoms with Crippen LogP contribution in [0.4, 0.5) is 5.69 Å². The summed E-state index contributed by atoms with van der Waals surface area (Å²) in [7, 11) is 4.97. The third-order valence-corrected chi connectivity index (χ3v) is 4.23. The van der Waals surface area contributed by atoms with Gasteiger partial charge < -0.3 is 20.1 Å². The molecule has 3 rings (SSSR count). The largest absolute Gasteiger partial charge is 0.493 e. The van der Waals surface area contributed by atoms with Gasteiger partial charge in [0.15, 0.2) is 17.5 Å². The Balaban J connectivity index is 0.00000300. The van der Waals surface area contributed by atoms with Crippen LogP contribution in [0.15, 0.2) is 65.9 Å². The Morgan fingerprint density at radius 1 is 1.03 bits per heavy atom. The maximum absolute atomic E-state index is 5.35. The number of guanidine groups is 1. The zero-order valence-corrected chi connectivity index (χ0v) is 19.1. The lowest BCUT2D eigenvalue weighted by Crippen LogP contribution is -2.30. The Hall–Kier alpha value is -2.75. The quantitative estimate of drug-likeness (QED) is 0.290. The number of nitrogens with one attached hydrogen (secondary N) is 2. The maximum atomic E-state index is 5.35. The number of ether oxygens (including phenoxy) is 2. The fraction of sp³-hybridized carbons (Fsp3) is 0.238. The van der Waals surface area contributed by atoms with Gasteiger partial charge in [0.25, 0.3) is 0 Å². The fourth-order valence-corrected chi connectivity index (χ4v) is 2.83. The SMILES string of the molecule is CN=C(NCc1cccc(Cn2cccn2)c1)Nc1ccc(OC)c(OC)c1.I. The summed E-state index contributed by atoms with van der Waals surface area (Å²) in [6, 6.07) is 16.0. The average molecular weight is 507 g/mol. The van der Waals surface area contributed by atoms with Crippen LogP contribution in [0.25, 0.3) is 0 Å². The Labute approximate surface area is 188 Å². The Bertz CT molecular complexity index is 929. The van der Waals surface area contributed by atoms with Crippen LogP contribution in [-0.2, 0) is 13.1 Å². The molecule has 0 atom stereocenters. The minimum Gasteiger partial charge on any atom is -0.493 e. The molecule has 2 N–H and O–H groups in total. The summed E-state index contributed by atoms with van der Waals surface area (Å²) in [4.78, 5) is 4.29. The Kier molecular flexibility index (Phi) is 8.78. The van der Waals surface area contributed by atoms with Crippen LogP contribution < -0.4 is 20.1 Å². The lowest BCUT2D eigenvalue weighted by Gasteiger charge is -2.14. The summed E-state index contributed by atoms with van der Waals surface area (Å²) in [6.45, 7) is 1.40. The minimum atomic E-state index is 0. The highest BCUT2D eigenvalue weighted by atomic mass is 127.